The van der Waals surface area contributed by atoms with Crippen LogP contribution in [0.5, 0.6) is 0 Å². The van der Waals surface area contributed by atoms with Crippen molar-refractivity contribution in [3.63, 3.8) is 0 Å². The van der Waals surface area contributed by atoms with Gasteiger partial charge in [0.1, 0.15) is 0 Å². The van der Waals surface area contributed by atoms with Crippen molar-refractivity contribution in [1.29, 1.82) is 0 Å². The molecule has 0 aliphatic heterocycles. The number of pyridine rings is 1. The van der Waals surface area contributed by atoms with Gasteiger partial charge in [0.2, 0.25) is 0 Å². The Morgan fingerprint density at radius 3 is 2.63 bits per heavy atom. The highest BCUT2D eigenvalue weighted by Gasteiger charge is 2.22. The third-order valence-corrected chi connectivity index (χ3v) is 3.13. The number of nitrogens with one attached hydrogen (secondary N) is 1. The zero-order chi connectivity index (χ0) is 13.7. The first-order valence-corrected chi connectivity index (χ1v) is 6.43. The van der Waals surface area contributed by atoms with E-state index in [1.165, 1.54) is 0 Å². The van der Waals surface area contributed by atoms with Gasteiger partial charge in [0.05, 0.1) is 11.6 Å². The van der Waals surface area contributed by atoms with Crippen LogP contribution in [-0.4, -0.2) is 32.0 Å². The Kier molecular flexibility index (Phi) is 4.85. The molecular formula is C15H20N2O2. The van der Waals surface area contributed by atoms with Gasteiger partial charge in [-0.25, -0.2) is 0 Å². The summed E-state index contributed by atoms with van der Waals surface area (Å²) in [5.41, 5.74) is 2.06. The zero-order valence-corrected chi connectivity index (χ0v) is 11.6. The number of ether oxygens (including phenoxy) is 2. The molecule has 1 aromatic carbocycles. The number of benzene rings is 1. The molecule has 2 rings (SSSR count). The number of rotatable bonds is 6. The second-order valence-corrected chi connectivity index (χ2v) is 4.34. The Labute approximate surface area is 113 Å². The fourth-order valence-corrected chi connectivity index (χ4v) is 2.22. The number of hydrogen-bond donors (Lipinski definition) is 1. The van der Waals surface area contributed by atoms with Gasteiger partial charge in [-0.15, -0.1) is 0 Å². The molecular weight excluding hydrogens is 240 g/mol. The van der Waals surface area contributed by atoms with E-state index in [0.717, 1.165) is 23.0 Å². The topological polar surface area (TPSA) is 43.4 Å². The summed E-state index contributed by atoms with van der Waals surface area (Å²) >= 11 is 0. The molecule has 0 saturated heterocycles. The summed E-state index contributed by atoms with van der Waals surface area (Å²) in [6.07, 6.45) is 1.55. The van der Waals surface area contributed by atoms with Gasteiger partial charge >= 0.3 is 0 Å². The molecule has 0 saturated carbocycles. The average Bonchev–Trinajstić information content (AvgIpc) is 2.47. The summed E-state index contributed by atoms with van der Waals surface area (Å²) in [7, 11) is 3.29. The molecule has 0 spiro atoms. The lowest BCUT2D eigenvalue weighted by atomic mass is 10.1. The van der Waals surface area contributed by atoms with E-state index >= 15 is 0 Å². The van der Waals surface area contributed by atoms with Crippen molar-refractivity contribution in [2.45, 2.75) is 19.3 Å². The number of para-hydroxylation sites is 1. The average molecular weight is 260 g/mol. The van der Waals surface area contributed by atoms with Crippen molar-refractivity contribution < 1.29 is 9.47 Å². The molecule has 0 radical (unpaired) electrons. The van der Waals surface area contributed by atoms with Crippen molar-refractivity contribution in [1.82, 2.24) is 10.3 Å². The van der Waals surface area contributed by atoms with Gasteiger partial charge in [-0.05, 0) is 24.2 Å². The smallest absolute Gasteiger partial charge is 0.176 e. The first kappa shape index (κ1) is 13.9. The van der Waals surface area contributed by atoms with Gasteiger partial charge < -0.3 is 14.8 Å². The van der Waals surface area contributed by atoms with E-state index in [-0.39, 0.29) is 12.3 Å². The largest absolute Gasteiger partial charge is 0.354 e. The number of hydrogen-bond acceptors (Lipinski definition) is 4. The molecule has 0 amide bonds. The standard InChI is InChI=1S/C15H20N2O2/c1-4-16-14(15(18-2)19-3)12-9-11-7-5-6-8-13(11)17-10-12/h5-10,14-16H,4H2,1-3H3. The van der Waals surface area contributed by atoms with Crippen molar-refractivity contribution in [3.8, 4) is 0 Å². The van der Waals surface area contributed by atoms with Crippen LogP contribution in [-0.2, 0) is 9.47 Å². The van der Waals surface area contributed by atoms with E-state index in [1.54, 1.807) is 14.2 Å². The highest BCUT2D eigenvalue weighted by Crippen LogP contribution is 2.22. The summed E-state index contributed by atoms with van der Waals surface area (Å²) in [5.74, 6) is 0. The lowest BCUT2D eigenvalue weighted by molar-refractivity contribution is -0.124. The normalized spacial score (nSPS) is 13.1. The van der Waals surface area contributed by atoms with Crippen LogP contribution in [0.1, 0.15) is 18.5 Å². The van der Waals surface area contributed by atoms with Crippen LogP contribution >= 0.6 is 0 Å². The Morgan fingerprint density at radius 2 is 1.95 bits per heavy atom. The number of nitrogens with zero attached hydrogens (tertiary/aromatic N) is 1. The molecule has 0 aliphatic carbocycles. The number of fused-ring (bicyclic) bond motifs is 1. The van der Waals surface area contributed by atoms with Gasteiger partial charge in [-0.3, -0.25) is 4.98 Å². The van der Waals surface area contributed by atoms with E-state index < -0.39 is 0 Å². The van der Waals surface area contributed by atoms with Crippen LogP contribution in [0.25, 0.3) is 10.9 Å². The van der Waals surface area contributed by atoms with Gasteiger partial charge in [0, 0.05) is 25.8 Å². The van der Waals surface area contributed by atoms with E-state index in [9.17, 15) is 0 Å². The number of likely N-dealkylation sites (N-methyl/N-ethyl adjacent to an activating group) is 1. The van der Waals surface area contributed by atoms with Gasteiger partial charge in [-0.1, -0.05) is 25.1 Å². The molecule has 2 aromatic rings. The Morgan fingerprint density at radius 1 is 1.21 bits per heavy atom. The van der Waals surface area contributed by atoms with Crippen molar-refractivity contribution in [3.05, 3.63) is 42.1 Å². The minimum absolute atomic E-state index is 0.0305. The minimum atomic E-state index is -0.331. The molecule has 4 heteroatoms. The number of aromatic nitrogens is 1. The second-order valence-electron chi connectivity index (χ2n) is 4.34. The third kappa shape index (κ3) is 3.10. The Bertz CT molecular complexity index is 526. The molecule has 1 N–H and O–H groups in total. The highest BCUT2D eigenvalue weighted by atomic mass is 16.7. The molecule has 19 heavy (non-hydrogen) atoms. The summed E-state index contributed by atoms with van der Waals surface area (Å²) in [6.45, 7) is 2.89. The van der Waals surface area contributed by atoms with Gasteiger partial charge in [0.15, 0.2) is 6.29 Å². The van der Waals surface area contributed by atoms with E-state index in [2.05, 4.69) is 29.4 Å². The Balaban J connectivity index is 2.37. The lowest BCUT2D eigenvalue weighted by Gasteiger charge is -2.25. The summed E-state index contributed by atoms with van der Waals surface area (Å²) in [5, 5.41) is 4.49. The third-order valence-electron chi connectivity index (χ3n) is 3.13. The van der Waals surface area contributed by atoms with Crippen LogP contribution in [0.4, 0.5) is 0 Å². The van der Waals surface area contributed by atoms with Gasteiger partial charge in [0.25, 0.3) is 0 Å². The first-order valence-electron chi connectivity index (χ1n) is 6.43. The highest BCUT2D eigenvalue weighted by molar-refractivity contribution is 5.78. The molecule has 102 valence electrons. The minimum Gasteiger partial charge on any atom is -0.354 e. The van der Waals surface area contributed by atoms with Gasteiger partial charge in [-0.2, -0.15) is 0 Å². The van der Waals surface area contributed by atoms with E-state index in [1.807, 2.05) is 24.4 Å². The van der Waals surface area contributed by atoms with Crippen molar-refractivity contribution >= 4 is 10.9 Å². The van der Waals surface area contributed by atoms with E-state index in [4.69, 9.17) is 9.47 Å². The predicted molar refractivity (Wildman–Crippen MR) is 76.0 cm³/mol. The molecule has 4 nitrogen and oxygen atoms in total. The van der Waals surface area contributed by atoms with Crippen molar-refractivity contribution in [2.24, 2.45) is 0 Å². The molecule has 1 unspecified atom stereocenters. The number of methoxy groups -OCH3 is 2. The van der Waals surface area contributed by atoms with E-state index in [0.29, 0.717) is 0 Å². The maximum Gasteiger partial charge on any atom is 0.176 e. The van der Waals surface area contributed by atoms with Crippen LogP contribution in [0.2, 0.25) is 0 Å². The molecule has 0 aliphatic rings. The molecule has 1 atom stereocenters. The molecule has 0 bridgehead atoms. The Hall–Kier alpha value is -1.49. The summed E-state index contributed by atoms with van der Waals surface area (Å²) in [6, 6.07) is 10.2. The van der Waals surface area contributed by atoms with Crippen LogP contribution in [0.3, 0.4) is 0 Å². The van der Waals surface area contributed by atoms with Crippen LogP contribution < -0.4 is 5.32 Å². The maximum atomic E-state index is 5.37. The maximum absolute atomic E-state index is 5.37. The fourth-order valence-electron chi connectivity index (χ4n) is 2.22. The summed E-state index contributed by atoms with van der Waals surface area (Å²) < 4.78 is 10.7. The lowest BCUT2D eigenvalue weighted by Crippen LogP contribution is -2.34. The predicted octanol–water partition coefficient (Wildman–Crippen LogP) is 2.50. The second kappa shape index (κ2) is 6.61. The quantitative estimate of drug-likeness (QED) is 0.810. The fraction of sp³-hybridized carbons (Fsp3) is 0.400. The summed E-state index contributed by atoms with van der Waals surface area (Å²) in [4.78, 5) is 4.48. The van der Waals surface area contributed by atoms with Crippen LogP contribution in [0, 0.1) is 0 Å². The van der Waals surface area contributed by atoms with Crippen LogP contribution in [0.15, 0.2) is 36.5 Å². The first-order chi connectivity index (χ1) is 9.30. The molecule has 1 heterocycles. The monoisotopic (exact) mass is 260 g/mol. The van der Waals surface area contributed by atoms with Crippen molar-refractivity contribution in [2.75, 3.05) is 20.8 Å². The zero-order valence-electron chi connectivity index (χ0n) is 11.6. The SMILES string of the molecule is CCNC(c1cnc2ccccc2c1)C(OC)OC. The molecule has 0 fully saturated rings. The molecule has 1 aromatic heterocycles.